The molecule has 86 valence electrons. The fraction of sp³-hybridized carbons (Fsp3) is 0.500. The molecule has 0 aromatic carbocycles. The molecule has 1 fully saturated rings. The van der Waals surface area contributed by atoms with E-state index in [0.29, 0.717) is 11.5 Å². The number of hydrogen-bond donors (Lipinski definition) is 2. The monoisotopic (exact) mass is 220 g/mol. The summed E-state index contributed by atoms with van der Waals surface area (Å²) < 4.78 is 0. The Balaban J connectivity index is 2.16. The van der Waals surface area contributed by atoms with Crippen molar-refractivity contribution in [2.24, 2.45) is 5.92 Å². The first-order chi connectivity index (χ1) is 7.63. The molecule has 1 atom stereocenters. The van der Waals surface area contributed by atoms with Gasteiger partial charge in [-0.15, -0.1) is 0 Å². The molecule has 2 rings (SSSR count). The van der Waals surface area contributed by atoms with Crippen LogP contribution >= 0.6 is 0 Å². The molecule has 4 nitrogen and oxygen atoms in total. The topological polar surface area (TPSA) is 62.2 Å². The molecule has 0 saturated heterocycles. The van der Waals surface area contributed by atoms with Crippen molar-refractivity contribution in [3.05, 3.63) is 30.1 Å². The van der Waals surface area contributed by atoms with Crippen molar-refractivity contribution < 1.29 is 9.90 Å². The third-order valence-electron chi connectivity index (χ3n) is 3.11. The average molecular weight is 220 g/mol. The van der Waals surface area contributed by atoms with Crippen LogP contribution in [0.2, 0.25) is 0 Å². The van der Waals surface area contributed by atoms with Gasteiger partial charge in [-0.05, 0) is 38.3 Å². The highest BCUT2D eigenvalue weighted by Gasteiger charge is 2.36. The second-order valence-corrected chi connectivity index (χ2v) is 4.50. The number of aliphatic carboxylic acids is 1. The van der Waals surface area contributed by atoms with E-state index in [9.17, 15) is 9.90 Å². The molecule has 1 aliphatic carbocycles. The van der Waals surface area contributed by atoms with E-state index >= 15 is 0 Å². The van der Waals surface area contributed by atoms with Gasteiger partial charge in [0, 0.05) is 18.0 Å². The van der Waals surface area contributed by atoms with Gasteiger partial charge in [-0.2, -0.15) is 0 Å². The van der Waals surface area contributed by atoms with Crippen LogP contribution in [0.4, 0.5) is 0 Å². The van der Waals surface area contributed by atoms with Gasteiger partial charge in [0.15, 0.2) is 0 Å². The lowest BCUT2D eigenvalue weighted by Gasteiger charge is -2.26. The summed E-state index contributed by atoms with van der Waals surface area (Å²) in [5.41, 5.74) is -0.334. The van der Waals surface area contributed by atoms with Crippen LogP contribution in [0.15, 0.2) is 24.5 Å². The minimum atomic E-state index is -1.03. The maximum atomic E-state index is 11.4. The third kappa shape index (κ3) is 2.22. The number of nitrogens with zero attached hydrogens (tertiary/aromatic N) is 1. The van der Waals surface area contributed by atoms with Crippen molar-refractivity contribution in [3.63, 3.8) is 0 Å². The summed E-state index contributed by atoms with van der Waals surface area (Å²) in [6.45, 7) is 2.45. The molecule has 2 N–H and O–H groups in total. The predicted octanol–water partition coefficient (Wildman–Crippen LogP) is 1.38. The Morgan fingerprint density at radius 3 is 2.94 bits per heavy atom. The molecular formula is C12H16N2O2. The molecule has 1 aromatic rings. The number of nitrogens with one attached hydrogen (secondary N) is 1. The van der Waals surface area contributed by atoms with Gasteiger partial charge in [-0.3, -0.25) is 10.3 Å². The van der Waals surface area contributed by atoms with E-state index in [0.717, 1.165) is 6.54 Å². The lowest BCUT2D eigenvalue weighted by atomic mass is 9.93. The van der Waals surface area contributed by atoms with Crippen molar-refractivity contribution >= 4 is 5.97 Å². The predicted molar refractivity (Wildman–Crippen MR) is 60.0 cm³/mol. The van der Waals surface area contributed by atoms with Gasteiger partial charge in [-0.1, -0.05) is 6.07 Å². The van der Waals surface area contributed by atoms with Gasteiger partial charge >= 0.3 is 5.97 Å². The molecular weight excluding hydrogens is 204 g/mol. The largest absolute Gasteiger partial charge is 0.480 e. The molecule has 0 radical (unpaired) electrons. The minimum absolute atomic E-state index is 0.648. The van der Waals surface area contributed by atoms with Gasteiger partial charge in [-0.25, -0.2) is 4.79 Å². The lowest BCUT2D eigenvalue weighted by molar-refractivity contribution is -0.144. The lowest BCUT2D eigenvalue weighted by Crippen LogP contribution is -2.47. The van der Waals surface area contributed by atoms with Crippen molar-refractivity contribution in [1.29, 1.82) is 0 Å². The summed E-state index contributed by atoms with van der Waals surface area (Å²) in [6, 6.07) is 3.55. The number of carboxylic acids is 1. The Hall–Kier alpha value is -1.42. The van der Waals surface area contributed by atoms with E-state index < -0.39 is 11.5 Å². The summed E-state index contributed by atoms with van der Waals surface area (Å²) in [7, 11) is 0. The fourth-order valence-corrected chi connectivity index (χ4v) is 1.63. The Morgan fingerprint density at radius 1 is 1.69 bits per heavy atom. The number of carbonyl (C=O) groups is 1. The SMILES string of the molecule is CC(NCC1CC1)(C(=O)O)c1cccnc1. The summed E-state index contributed by atoms with van der Waals surface area (Å²) in [5, 5.41) is 12.5. The zero-order valence-electron chi connectivity index (χ0n) is 9.31. The quantitative estimate of drug-likeness (QED) is 0.787. The van der Waals surface area contributed by atoms with Gasteiger partial charge in [0.2, 0.25) is 0 Å². The summed E-state index contributed by atoms with van der Waals surface area (Å²) in [5.74, 6) is -0.212. The first kappa shape index (κ1) is 11.1. The third-order valence-corrected chi connectivity index (χ3v) is 3.11. The molecule has 16 heavy (non-hydrogen) atoms. The fourth-order valence-electron chi connectivity index (χ4n) is 1.63. The van der Waals surface area contributed by atoms with Gasteiger partial charge in [0.05, 0.1) is 0 Å². The highest BCUT2D eigenvalue weighted by molar-refractivity contribution is 5.80. The van der Waals surface area contributed by atoms with E-state index in [1.54, 1.807) is 31.5 Å². The molecule has 0 bridgehead atoms. The van der Waals surface area contributed by atoms with E-state index in [-0.39, 0.29) is 0 Å². The minimum Gasteiger partial charge on any atom is -0.480 e. The van der Waals surface area contributed by atoms with Crippen LogP contribution in [-0.4, -0.2) is 22.6 Å². The zero-order valence-corrected chi connectivity index (χ0v) is 9.31. The average Bonchev–Trinajstić information content (AvgIpc) is 3.10. The number of pyridine rings is 1. The van der Waals surface area contributed by atoms with Gasteiger partial charge in [0.1, 0.15) is 5.54 Å². The first-order valence-electron chi connectivity index (χ1n) is 5.52. The van der Waals surface area contributed by atoms with Crippen molar-refractivity contribution in [2.45, 2.75) is 25.3 Å². The molecule has 1 saturated carbocycles. The highest BCUT2D eigenvalue weighted by Crippen LogP contribution is 2.29. The number of aromatic nitrogens is 1. The molecule has 1 aliphatic rings. The Bertz CT molecular complexity index is 376. The maximum absolute atomic E-state index is 11.4. The van der Waals surface area contributed by atoms with Crippen molar-refractivity contribution in [1.82, 2.24) is 10.3 Å². The second kappa shape index (κ2) is 4.22. The maximum Gasteiger partial charge on any atom is 0.328 e. The van der Waals surface area contributed by atoms with E-state index in [1.807, 2.05) is 0 Å². The standard InChI is InChI=1S/C12H16N2O2/c1-12(11(15)16,14-7-9-4-5-9)10-3-2-6-13-8-10/h2-3,6,8-9,14H,4-5,7H2,1H3,(H,15,16). The van der Waals surface area contributed by atoms with Crippen LogP contribution in [0.25, 0.3) is 0 Å². The highest BCUT2D eigenvalue weighted by atomic mass is 16.4. The van der Waals surface area contributed by atoms with Crippen LogP contribution < -0.4 is 5.32 Å². The molecule has 0 spiro atoms. The smallest absolute Gasteiger partial charge is 0.328 e. The van der Waals surface area contributed by atoms with E-state index in [1.165, 1.54) is 12.8 Å². The van der Waals surface area contributed by atoms with Crippen molar-refractivity contribution in [2.75, 3.05) is 6.54 Å². The number of rotatable bonds is 5. The van der Waals surface area contributed by atoms with Gasteiger partial charge < -0.3 is 5.11 Å². The zero-order chi connectivity index (χ0) is 11.6. The first-order valence-corrected chi connectivity index (χ1v) is 5.52. The molecule has 1 heterocycles. The number of carboxylic acid groups (broad SMARTS) is 1. The second-order valence-electron chi connectivity index (χ2n) is 4.50. The summed E-state index contributed by atoms with van der Waals surface area (Å²) in [6.07, 6.45) is 5.66. The van der Waals surface area contributed by atoms with Crippen LogP contribution in [-0.2, 0) is 10.3 Å². The van der Waals surface area contributed by atoms with Crippen LogP contribution in [0.5, 0.6) is 0 Å². The molecule has 0 amide bonds. The summed E-state index contributed by atoms with van der Waals surface area (Å²) >= 11 is 0. The number of hydrogen-bond acceptors (Lipinski definition) is 3. The van der Waals surface area contributed by atoms with E-state index in [4.69, 9.17) is 0 Å². The van der Waals surface area contributed by atoms with E-state index in [2.05, 4.69) is 10.3 Å². The summed E-state index contributed by atoms with van der Waals surface area (Å²) in [4.78, 5) is 15.3. The van der Waals surface area contributed by atoms with Crippen LogP contribution in [0.3, 0.4) is 0 Å². The molecule has 4 heteroatoms. The molecule has 1 aromatic heterocycles. The Kier molecular flexibility index (Phi) is 2.92. The van der Waals surface area contributed by atoms with Crippen LogP contribution in [0, 0.1) is 5.92 Å². The molecule has 0 aliphatic heterocycles. The Labute approximate surface area is 94.7 Å². The van der Waals surface area contributed by atoms with Crippen molar-refractivity contribution in [3.8, 4) is 0 Å². The Morgan fingerprint density at radius 2 is 2.44 bits per heavy atom. The molecule has 1 unspecified atom stereocenters. The van der Waals surface area contributed by atoms with Crippen LogP contribution in [0.1, 0.15) is 25.3 Å². The van der Waals surface area contributed by atoms with Gasteiger partial charge in [0.25, 0.3) is 0 Å². The normalized spacial score (nSPS) is 19.1.